The van der Waals surface area contributed by atoms with Crippen LogP contribution in [0.4, 0.5) is 11.4 Å². The van der Waals surface area contributed by atoms with Gasteiger partial charge in [-0.25, -0.2) is 0 Å². The van der Waals surface area contributed by atoms with Gasteiger partial charge in [-0.05, 0) is 49.7 Å². The van der Waals surface area contributed by atoms with Crippen LogP contribution in [0.1, 0.15) is 30.1 Å². The van der Waals surface area contributed by atoms with Crippen molar-refractivity contribution < 1.29 is 23.8 Å². The van der Waals surface area contributed by atoms with Gasteiger partial charge in [-0.1, -0.05) is 30.3 Å². The number of methoxy groups -OCH3 is 1. The normalized spacial score (nSPS) is 10.2. The van der Waals surface area contributed by atoms with Gasteiger partial charge in [0.15, 0.2) is 11.5 Å². The average molecular weight is 449 g/mol. The number of amides is 2. The molecule has 0 heterocycles. The van der Waals surface area contributed by atoms with Gasteiger partial charge in [-0.15, -0.1) is 0 Å². The Bertz CT molecular complexity index is 1080. The van der Waals surface area contributed by atoms with E-state index in [4.69, 9.17) is 14.2 Å². The van der Waals surface area contributed by atoms with Crippen LogP contribution in [0.3, 0.4) is 0 Å². The number of rotatable bonds is 11. The van der Waals surface area contributed by atoms with Gasteiger partial charge in [-0.2, -0.15) is 0 Å². The molecular formula is C26H28N2O5. The van der Waals surface area contributed by atoms with E-state index in [1.807, 2.05) is 31.2 Å². The minimum absolute atomic E-state index is 0.196. The Balaban J connectivity index is 1.53. The molecule has 3 aromatic rings. The van der Waals surface area contributed by atoms with Crippen LogP contribution in [0.25, 0.3) is 0 Å². The van der Waals surface area contributed by atoms with Crippen LogP contribution in [0, 0.1) is 0 Å². The van der Waals surface area contributed by atoms with Crippen molar-refractivity contribution in [3.8, 4) is 17.2 Å². The van der Waals surface area contributed by atoms with Gasteiger partial charge in [0.05, 0.1) is 31.6 Å². The van der Waals surface area contributed by atoms with Crippen LogP contribution in [-0.2, 0) is 4.79 Å². The van der Waals surface area contributed by atoms with Crippen LogP contribution in [0.5, 0.6) is 17.2 Å². The summed E-state index contributed by atoms with van der Waals surface area (Å²) in [5, 5.41) is 5.66. The monoisotopic (exact) mass is 448 g/mol. The highest BCUT2D eigenvalue weighted by molar-refractivity contribution is 6.10. The Morgan fingerprint density at radius 1 is 0.848 bits per heavy atom. The number of hydrogen-bond donors (Lipinski definition) is 2. The SMILES string of the molecule is CCOc1ccccc1OCCCC(=O)Nc1ccccc1C(=O)Nc1cccc(OC)c1. The van der Waals surface area contributed by atoms with Gasteiger partial charge in [0, 0.05) is 18.2 Å². The Hall–Kier alpha value is -4.00. The molecule has 7 heteroatoms. The lowest BCUT2D eigenvalue weighted by Crippen LogP contribution is -2.18. The lowest BCUT2D eigenvalue weighted by molar-refractivity contribution is -0.116. The highest BCUT2D eigenvalue weighted by Crippen LogP contribution is 2.26. The topological polar surface area (TPSA) is 85.9 Å². The maximum atomic E-state index is 12.8. The molecule has 33 heavy (non-hydrogen) atoms. The number of benzene rings is 3. The zero-order valence-electron chi connectivity index (χ0n) is 18.8. The summed E-state index contributed by atoms with van der Waals surface area (Å²) in [7, 11) is 1.56. The number of para-hydroxylation sites is 3. The molecule has 0 aliphatic carbocycles. The molecular weight excluding hydrogens is 420 g/mol. The molecule has 0 unspecified atom stereocenters. The van der Waals surface area contributed by atoms with E-state index in [1.165, 1.54) is 0 Å². The number of nitrogens with one attached hydrogen (secondary N) is 2. The lowest BCUT2D eigenvalue weighted by atomic mass is 10.1. The van der Waals surface area contributed by atoms with Crippen LogP contribution in [0.2, 0.25) is 0 Å². The summed E-state index contributed by atoms with van der Waals surface area (Å²) in [6.07, 6.45) is 0.771. The van der Waals surface area contributed by atoms with Gasteiger partial charge >= 0.3 is 0 Å². The molecule has 0 bridgehead atoms. The molecule has 172 valence electrons. The molecule has 0 spiro atoms. The summed E-state index contributed by atoms with van der Waals surface area (Å²) in [6.45, 7) is 2.83. The molecule has 3 rings (SSSR count). The maximum absolute atomic E-state index is 12.8. The van der Waals surface area contributed by atoms with E-state index >= 15 is 0 Å². The second kappa shape index (κ2) is 12.1. The van der Waals surface area contributed by atoms with E-state index in [0.29, 0.717) is 53.8 Å². The summed E-state index contributed by atoms with van der Waals surface area (Å²) in [5.41, 5.74) is 1.42. The summed E-state index contributed by atoms with van der Waals surface area (Å²) in [5.74, 6) is 1.45. The molecule has 2 amide bonds. The van der Waals surface area contributed by atoms with E-state index in [0.717, 1.165) is 0 Å². The predicted octanol–water partition coefficient (Wildman–Crippen LogP) is 5.14. The molecule has 0 fully saturated rings. The third-order valence-corrected chi connectivity index (χ3v) is 4.73. The Kier molecular flexibility index (Phi) is 8.71. The largest absolute Gasteiger partial charge is 0.497 e. The standard InChI is InChI=1S/C26H28N2O5/c1-3-32-23-14-6-7-15-24(23)33-17-9-16-25(29)28-22-13-5-4-12-21(22)26(30)27-19-10-8-11-20(18-19)31-2/h4-8,10-15,18H,3,9,16-17H2,1-2H3,(H,27,30)(H,28,29). The third-order valence-electron chi connectivity index (χ3n) is 4.73. The van der Waals surface area contributed by atoms with Gasteiger partial charge in [0.25, 0.3) is 5.91 Å². The highest BCUT2D eigenvalue weighted by atomic mass is 16.5. The summed E-state index contributed by atoms with van der Waals surface area (Å²) < 4.78 is 16.5. The van der Waals surface area contributed by atoms with Crippen molar-refractivity contribution in [2.75, 3.05) is 31.0 Å². The second-order valence-corrected chi connectivity index (χ2v) is 7.11. The zero-order chi connectivity index (χ0) is 23.5. The molecule has 3 aromatic carbocycles. The molecule has 0 saturated heterocycles. The number of carbonyl (C=O) groups excluding carboxylic acids is 2. The first-order valence-electron chi connectivity index (χ1n) is 10.8. The van der Waals surface area contributed by atoms with Crippen molar-refractivity contribution in [1.82, 2.24) is 0 Å². The fraction of sp³-hybridized carbons (Fsp3) is 0.231. The molecule has 0 atom stereocenters. The van der Waals surface area contributed by atoms with E-state index in [2.05, 4.69) is 10.6 Å². The van der Waals surface area contributed by atoms with Crippen molar-refractivity contribution in [1.29, 1.82) is 0 Å². The molecule has 0 aliphatic rings. The van der Waals surface area contributed by atoms with Gasteiger partial charge in [0.1, 0.15) is 5.75 Å². The smallest absolute Gasteiger partial charge is 0.257 e. The number of anilines is 2. The Morgan fingerprint density at radius 2 is 1.58 bits per heavy atom. The number of carbonyl (C=O) groups is 2. The van der Waals surface area contributed by atoms with Crippen molar-refractivity contribution in [3.63, 3.8) is 0 Å². The van der Waals surface area contributed by atoms with E-state index < -0.39 is 0 Å². The minimum Gasteiger partial charge on any atom is -0.497 e. The summed E-state index contributed by atoms with van der Waals surface area (Å²) >= 11 is 0. The van der Waals surface area contributed by atoms with Gasteiger partial charge < -0.3 is 24.8 Å². The van der Waals surface area contributed by atoms with Crippen LogP contribution in [0.15, 0.2) is 72.8 Å². The van der Waals surface area contributed by atoms with Crippen LogP contribution in [-0.4, -0.2) is 32.1 Å². The quantitative estimate of drug-likeness (QED) is 0.397. The molecule has 0 aromatic heterocycles. The predicted molar refractivity (Wildman–Crippen MR) is 128 cm³/mol. The van der Waals surface area contributed by atoms with E-state index in [-0.39, 0.29) is 18.2 Å². The third kappa shape index (κ3) is 7.00. The first kappa shape index (κ1) is 23.7. The first-order valence-corrected chi connectivity index (χ1v) is 10.8. The number of ether oxygens (including phenoxy) is 3. The number of hydrogen-bond acceptors (Lipinski definition) is 5. The fourth-order valence-electron chi connectivity index (χ4n) is 3.16. The molecule has 0 aliphatic heterocycles. The van der Waals surface area contributed by atoms with Crippen molar-refractivity contribution in [2.24, 2.45) is 0 Å². The first-order chi connectivity index (χ1) is 16.1. The second-order valence-electron chi connectivity index (χ2n) is 7.11. The van der Waals surface area contributed by atoms with E-state index in [9.17, 15) is 9.59 Å². The average Bonchev–Trinajstić information content (AvgIpc) is 2.83. The molecule has 0 saturated carbocycles. The Labute approximate surface area is 193 Å². The molecule has 0 radical (unpaired) electrons. The summed E-state index contributed by atoms with van der Waals surface area (Å²) in [4.78, 5) is 25.3. The van der Waals surface area contributed by atoms with Gasteiger partial charge in [0.2, 0.25) is 5.91 Å². The van der Waals surface area contributed by atoms with Crippen LogP contribution < -0.4 is 24.8 Å². The maximum Gasteiger partial charge on any atom is 0.257 e. The Morgan fingerprint density at radius 3 is 2.33 bits per heavy atom. The van der Waals surface area contributed by atoms with Gasteiger partial charge in [-0.3, -0.25) is 9.59 Å². The minimum atomic E-state index is -0.324. The molecule has 2 N–H and O–H groups in total. The highest BCUT2D eigenvalue weighted by Gasteiger charge is 2.14. The zero-order valence-corrected chi connectivity index (χ0v) is 18.8. The van der Waals surface area contributed by atoms with Crippen molar-refractivity contribution >= 4 is 23.2 Å². The van der Waals surface area contributed by atoms with E-state index in [1.54, 1.807) is 55.6 Å². The summed E-state index contributed by atoms with van der Waals surface area (Å²) in [6, 6.07) is 21.4. The molecule has 7 nitrogen and oxygen atoms in total. The van der Waals surface area contributed by atoms with Crippen molar-refractivity contribution in [3.05, 3.63) is 78.4 Å². The fourth-order valence-corrected chi connectivity index (χ4v) is 3.16. The van der Waals surface area contributed by atoms with Crippen molar-refractivity contribution in [2.45, 2.75) is 19.8 Å². The lowest BCUT2D eigenvalue weighted by Gasteiger charge is -2.13. The van der Waals surface area contributed by atoms with Crippen LogP contribution >= 0.6 is 0 Å².